The number of rotatable bonds is 4. The van der Waals surface area contributed by atoms with Crippen molar-refractivity contribution in [2.24, 2.45) is 0 Å². The summed E-state index contributed by atoms with van der Waals surface area (Å²) in [4.78, 5) is 11.4. The van der Waals surface area contributed by atoms with Crippen molar-refractivity contribution < 1.29 is 9.90 Å². The Bertz CT molecular complexity index is 327. The van der Waals surface area contributed by atoms with E-state index in [4.69, 9.17) is 16.7 Å². The quantitative estimate of drug-likeness (QED) is 0.794. The molecule has 5 nitrogen and oxygen atoms in total. The first-order chi connectivity index (χ1) is 7.09. The molecule has 1 amide bonds. The zero-order valence-electron chi connectivity index (χ0n) is 8.27. The highest BCUT2D eigenvalue weighted by Crippen LogP contribution is 2.01. The summed E-state index contributed by atoms with van der Waals surface area (Å²) in [5.74, 6) is -0.320. The zero-order chi connectivity index (χ0) is 11.3. The second-order valence-corrected chi connectivity index (χ2v) is 3.52. The number of carbonyl (C=O) groups is 1. The molecule has 0 fully saturated rings. The Hall–Kier alpha value is -1.20. The lowest BCUT2D eigenvalue weighted by atomic mass is 10.3. The summed E-state index contributed by atoms with van der Waals surface area (Å²) in [6.45, 7) is 2.06. The van der Waals surface area contributed by atoms with E-state index in [9.17, 15) is 4.79 Å². The maximum Gasteiger partial charge on any atom is 0.271 e. The fourth-order valence-electron chi connectivity index (χ4n) is 0.922. The standard InChI is InChI=1S/C9H12ClN3O2/c1-6(14)4-5-11-9(15)7-2-3-8(10)13-12-7/h2-3,6,14H,4-5H2,1H3,(H,11,15). The highest BCUT2D eigenvalue weighted by atomic mass is 35.5. The van der Waals surface area contributed by atoms with Crippen LogP contribution in [-0.4, -0.2) is 33.9 Å². The number of amides is 1. The molecule has 82 valence electrons. The van der Waals surface area contributed by atoms with Crippen molar-refractivity contribution in [2.45, 2.75) is 19.4 Å². The summed E-state index contributed by atoms with van der Waals surface area (Å²) in [7, 11) is 0. The third-order valence-electron chi connectivity index (χ3n) is 1.71. The van der Waals surface area contributed by atoms with Crippen molar-refractivity contribution in [2.75, 3.05) is 6.54 Å². The van der Waals surface area contributed by atoms with Gasteiger partial charge in [0, 0.05) is 6.54 Å². The fourth-order valence-corrected chi connectivity index (χ4v) is 1.02. The predicted octanol–water partition coefficient (Wildman–Crippen LogP) is 0.631. The molecule has 0 aliphatic heterocycles. The molecule has 2 N–H and O–H groups in total. The lowest BCUT2D eigenvalue weighted by Gasteiger charge is -2.05. The fraction of sp³-hybridized carbons (Fsp3) is 0.444. The van der Waals surface area contributed by atoms with Gasteiger partial charge in [-0.3, -0.25) is 4.79 Å². The molecule has 0 saturated carbocycles. The Morgan fingerprint density at radius 3 is 2.87 bits per heavy atom. The molecule has 1 heterocycles. The van der Waals surface area contributed by atoms with Crippen molar-refractivity contribution in [3.05, 3.63) is 23.0 Å². The van der Waals surface area contributed by atoms with E-state index in [-0.39, 0.29) is 16.8 Å². The topological polar surface area (TPSA) is 75.1 Å². The number of aliphatic hydroxyl groups is 1. The number of carbonyl (C=O) groups excluding carboxylic acids is 1. The van der Waals surface area contributed by atoms with E-state index in [0.717, 1.165) is 0 Å². The van der Waals surface area contributed by atoms with Crippen LogP contribution < -0.4 is 5.32 Å². The van der Waals surface area contributed by atoms with Crippen molar-refractivity contribution in [3.63, 3.8) is 0 Å². The highest BCUT2D eigenvalue weighted by Gasteiger charge is 2.07. The molecular formula is C9H12ClN3O2. The normalized spacial score (nSPS) is 12.2. The molecule has 1 atom stereocenters. The van der Waals surface area contributed by atoms with E-state index in [1.54, 1.807) is 6.92 Å². The Morgan fingerprint density at radius 1 is 1.60 bits per heavy atom. The number of nitrogens with one attached hydrogen (secondary N) is 1. The monoisotopic (exact) mass is 229 g/mol. The van der Waals surface area contributed by atoms with Gasteiger partial charge in [0.25, 0.3) is 5.91 Å². The van der Waals surface area contributed by atoms with Gasteiger partial charge in [0.05, 0.1) is 6.10 Å². The third kappa shape index (κ3) is 4.22. The third-order valence-corrected chi connectivity index (χ3v) is 1.91. The molecule has 1 aromatic rings. The number of hydrogen-bond acceptors (Lipinski definition) is 4. The molecule has 0 radical (unpaired) electrons. The molecule has 0 saturated heterocycles. The van der Waals surface area contributed by atoms with E-state index in [1.807, 2.05) is 0 Å². The molecule has 0 spiro atoms. The largest absolute Gasteiger partial charge is 0.393 e. The zero-order valence-corrected chi connectivity index (χ0v) is 9.03. The van der Waals surface area contributed by atoms with E-state index in [2.05, 4.69) is 15.5 Å². The minimum atomic E-state index is -0.429. The maximum atomic E-state index is 11.4. The van der Waals surface area contributed by atoms with Crippen LogP contribution in [0.3, 0.4) is 0 Å². The summed E-state index contributed by atoms with van der Waals surface area (Å²) in [6, 6.07) is 2.99. The van der Waals surface area contributed by atoms with Crippen LogP contribution in [0.15, 0.2) is 12.1 Å². The molecule has 0 aliphatic carbocycles. The number of aliphatic hydroxyl groups excluding tert-OH is 1. The second-order valence-electron chi connectivity index (χ2n) is 3.13. The SMILES string of the molecule is CC(O)CCNC(=O)c1ccc(Cl)nn1. The molecule has 0 aliphatic rings. The van der Waals surface area contributed by atoms with Gasteiger partial charge < -0.3 is 10.4 Å². The van der Waals surface area contributed by atoms with E-state index in [0.29, 0.717) is 13.0 Å². The molecule has 0 bridgehead atoms. The van der Waals surface area contributed by atoms with Gasteiger partial charge in [-0.05, 0) is 25.5 Å². The first-order valence-corrected chi connectivity index (χ1v) is 4.93. The van der Waals surface area contributed by atoms with Crippen LogP contribution in [-0.2, 0) is 0 Å². The van der Waals surface area contributed by atoms with Crippen molar-refractivity contribution >= 4 is 17.5 Å². The maximum absolute atomic E-state index is 11.4. The average molecular weight is 230 g/mol. The van der Waals surface area contributed by atoms with Gasteiger partial charge in [0.2, 0.25) is 0 Å². The van der Waals surface area contributed by atoms with Crippen LogP contribution in [0.1, 0.15) is 23.8 Å². The summed E-state index contributed by atoms with van der Waals surface area (Å²) >= 11 is 5.52. The van der Waals surface area contributed by atoms with Crippen molar-refractivity contribution in [3.8, 4) is 0 Å². The number of halogens is 1. The van der Waals surface area contributed by atoms with Gasteiger partial charge in [-0.15, -0.1) is 10.2 Å². The molecule has 1 aromatic heterocycles. The Labute approximate surface area is 92.5 Å². The minimum Gasteiger partial charge on any atom is -0.393 e. The Morgan fingerprint density at radius 2 is 2.33 bits per heavy atom. The predicted molar refractivity (Wildman–Crippen MR) is 55.7 cm³/mol. The van der Waals surface area contributed by atoms with Gasteiger partial charge in [-0.25, -0.2) is 0 Å². The average Bonchev–Trinajstić information content (AvgIpc) is 2.18. The van der Waals surface area contributed by atoms with E-state index < -0.39 is 6.10 Å². The van der Waals surface area contributed by atoms with Gasteiger partial charge in [-0.1, -0.05) is 11.6 Å². The van der Waals surface area contributed by atoms with Crippen LogP contribution >= 0.6 is 11.6 Å². The van der Waals surface area contributed by atoms with E-state index in [1.165, 1.54) is 12.1 Å². The van der Waals surface area contributed by atoms with Gasteiger partial charge in [0.15, 0.2) is 10.8 Å². The molecular weight excluding hydrogens is 218 g/mol. The van der Waals surface area contributed by atoms with Crippen LogP contribution in [0.2, 0.25) is 5.15 Å². The molecule has 6 heteroatoms. The van der Waals surface area contributed by atoms with Gasteiger partial charge in [0.1, 0.15) is 0 Å². The van der Waals surface area contributed by atoms with Crippen molar-refractivity contribution in [1.29, 1.82) is 0 Å². The second kappa shape index (κ2) is 5.63. The summed E-state index contributed by atoms with van der Waals surface area (Å²) in [5.41, 5.74) is 0.213. The van der Waals surface area contributed by atoms with Gasteiger partial charge >= 0.3 is 0 Å². The minimum absolute atomic E-state index is 0.213. The van der Waals surface area contributed by atoms with Crippen LogP contribution in [0.4, 0.5) is 0 Å². The van der Waals surface area contributed by atoms with E-state index >= 15 is 0 Å². The lowest BCUT2D eigenvalue weighted by molar-refractivity contribution is 0.0939. The molecule has 0 aromatic carbocycles. The van der Waals surface area contributed by atoms with Crippen LogP contribution in [0.5, 0.6) is 0 Å². The van der Waals surface area contributed by atoms with Crippen molar-refractivity contribution in [1.82, 2.24) is 15.5 Å². The first kappa shape index (κ1) is 11.9. The molecule has 1 rings (SSSR count). The lowest BCUT2D eigenvalue weighted by Crippen LogP contribution is -2.27. The smallest absolute Gasteiger partial charge is 0.271 e. The number of aromatic nitrogens is 2. The summed E-state index contributed by atoms with van der Waals surface area (Å²) in [5, 5.41) is 19.0. The van der Waals surface area contributed by atoms with Crippen LogP contribution in [0.25, 0.3) is 0 Å². The Kier molecular flexibility index (Phi) is 4.45. The van der Waals surface area contributed by atoms with Gasteiger partial charge in [-0.2, -0.15) is 0 Å². The Balaban J connectivity index is 2.43. The molecule has 1 unspecified atom stereocenters. The summed E-state index contributed by atoms with van der Waals surface area (Å²) in [6.07, 6.45) is 0.0776. The number of nitrogens with zero attached hydrogens (tertiary/aromatic N) is 2. The first-order valence-electron chi connectivity index (χ1n) is 4.55. The number of hydrogen-bond donors (Lipinski definition) is 2. The highest BCUT2D eigenvalue weighted by molar-refractivity contribution is 6.29. The van der Waals surface area contributed by atoms with Crippen LogP contribution in [0, 0.1) is 0 Å². The summed E-state index contributed by atoms with van der Waals surface area (Å²) < 4.78 is 0. The molecule has 15 heavy (non-hydrogen) atoms.